The molecule has 0 amide bonds. The van der Waals surface area contributed by atoms with Crippen molar-refractivity contribution in [2.24, 2.45) is 5.41 Å². The van der Waals surface area contributed by atoms with Gasteiger partial charge in [-0.25, -0.2) is 9.78 Å². The quantitative estimate of drug-likeness (QED) is 0.840. The highest BCUT2D eigenvalue weighted by molar-refractivity contribution is 5.75. The second-order valence-corrected chi connectivity index (χ2v) is 7.22. The highest BCUT2D eigenvalue weighted by Gasteiger charge is 2.31. The molecule has 0 bridgehead atoms. The highest BCUT2D eigenvalue weighted by Crippen LogP contribution is 2.30. The lowest BCUT2D eigenvalue weighted by molar-refractivity contribution is -0.205. The van der Waals surface area contributed by atoms with Crippen molar-refractivity contribution >= 4 is 5.97 Å². The largest absolute Gasteiger partial charge is 0.367 e. The summed E-state index contributed by atoms with van der Waals surface area (Å²) >= 11 is 0. The van der Waals surface area contributed by atoms with Crippen molar-refractivity contribution in [3.05, 3.63) is 17.7 Å². The summed E-state index contributed by atoms with van der Waals surface area (Å²) in [4.78, 5) is 22.2. The van der Waals surface area contributed by atoms with Crippen LogP contribution in [-0.4, -0.2) is 33.7 Å². The van der Waals surface area contributed by atoms with Gasteiger partial charge in [0.15, 0.2) is 0 Å². The molecule has 0 spiro atoms. The minimum Gasteiger partial charge on any atom is -0.367 e. The van der Waals surface area contributed by atoms with E-state index in [1.165, 1.54) is 17.9 Å². The van der Waals surface area contributed by atoms with Gasteiger partial charge in [0.1, 0.15) is 5.82 Å². The van der Waals surface area contributed by atoms with E-state index in [1.54, 1.807) is 0 Å². The fourth-order valence-corrected chi connectivity index (χ4v) is 3.12. The Labute approximate surface area is 126 Å². The molecule has 1 aromatic rings. The van der Waals surface area contributed by atoms with Crippen LogP contribution in [0.3, 0.4) is 0 Å². The fraction of sp³-hybridized carbons (Fsp3) is 0.750. The van der Waals surface area contributed by atoms with Gasteiger partial charge in [0.2, 0.25) is 0 Å². The lowest BCUT2D eigenvalue weighted by atomic mass is 9.97. The fourth-order valence-electron chi connectivity index (χ4n) is 3.12. The zero-order valence-electron chi connectivity index (χ0n) is 13.3. The highest BCUT2D eigenvalue weighted by atomic mass is 16.7. The molecular formula is C16H25N3O2. The van der Waals surface area contributed by atoms with Crippen LogP contribution in [-0.2, 0) is 22.6 Å². The monoisotopic (exact) mass is 291 g/mol. The van der Waals surface area contributed by atoms with Gasteiger partial charge >= 0.3 is 5.97 Å². The number of hydrogen-bond acceptors (Lipinski definition) is 4. The van der Waals surface area contributed by atoms with Crippen LogP contribution in [0.1, 0.15) is 57.5 Å². The van der Waals surface area contributed by atoms with E-state index >= 15 is 0 Å². The van der Waals surface area contributed by atoms with Crippen molar-refractivity contribution in [2.45, 2.75) is 58.9 Å². The van der Waals surface area contributed by atoms with E-state index in [2.05, 4.69) is 9.55 Å². The molecular weight excluding hydrogens is 266 g/mol. The molecule has 0 saturated carbocycles. The zero-order valence-corrected chi connectivity index (χ0v) is 13.3. The Balaban J connectivity index is 1.67. The molecule has 1 aromatic heterocycles. The molecule has 0 N–H and O–H groups in total. The van der Waals surface area contributed by atoms with E-state index < -0.39 is 5.41 Å². The number of hydrogen-bond donors (Lipinski definition) is 0. The number of rotatable bonds is 2. The molecule has 0 aromatic carbocycles. The Bertz CT molecular complexity index is 530. The molecule has 1 unspecified atom stereocenters. The Morgan fingerprint density at radius 2 is 2.14 bits per heavy atom. The van der Waals surface area contributed by atoms with Crippen LogP contribution >= 0.6 is 0 Å². The van der Waals surface area contributed by atoms with Crippen molar-refractivity contribution in [2.75, 3.05) is 13.1 Å². The third kappa shape index (κ3) is 2.98. The van der Waals surface area contributed by atoms with E-state index in [0.29, 0.717) is 5.92 Å². The second-order valence-electron chi connectivity index (χ2n) is 7.22. The predicted octanol–water partition coefficient (Wildman–Crippen LogP) is 2.51. The molecule has 3 heterocycles. The number of carbonyl (C=O) groups is 1. The number of nitrogens with zero attached hydrogens (tertiary/aromatic N) is 3. The molecule has 1 saturated heterocycles. The van der Waals surface area contributed by atoms with E-state index in [9.17, 15) is 4.79 Å². The number of carbonyl (C=O) groups excluding carboxylic acids is 1. The van der Waals surface area contributed by atoms with Crippen LogP contribution in [0.2, 0.25) is 0 Å². The third-order valence-electron chi connectivity index (χ3n) is 4.36. The number of piperidine rings is 1. The normalized spacial score (nSPS) is 23.1. The molecule has 0 aliphatic carbocycles. The maximum Gasteiger partial charge on any atom is 0.330 e. The minimum atomic E-state index is -0.457. The topological polar surface area (TPSA) is 47.4 Å². The summed E-state index contributed by atoms with van der Waals surface area (Å²) in [6.07, 6.45) is 6.55. The molecule has 1 atom stereocenters. The number of imidazole rings is 1. The van der Waals surface area contributed by atoms with Crippen LogP contribution in [0, 0.1) is 5.41 Å². The first kappa shape index (κ1) is 14.6. The van der Waals surface area contributed by atoms with Crippen molar-refractivity contribution in [1.82, 2.24) is 14.6 Å². The number of aryl methyl sites for hydroxylation is 1. The summed E-state index contributed by atoms with van der Waals surface area (Å²) in [5, 5.41) is 1.83. The van der Waals surface area contributed by atoms with Gasteiger partial charge in [0, 0.05) is 37.4 Å². The Hall–Kier alpha value is -1.36. The first-order valence-corrected chi connectivity index (χ1v) is 7.97. The number of hydroxylamine groups is 2. The SMILES string of the molecule is CC(C)(C)C(=O)ON1CCCC(c2ncc3n2CCC3)C1. The van der Waals surface area contributed by atoms with E-state index in [4.69, 9.17) is 4.84 Å². The Morgan fingerprint density at radius 1 is 1.33 bits per heavy atom. The summed E-state index contributed by atoms with van der Waals surface area (Å²) in [7, 11) is 0. The van der Waals surface area contributed by atoms with Crippen LogP contribution in [0.4, 0.5) is 0 Å². The van der Waals surface area contributed by atoms with Crippen LogP contribution in [0.25, 0.3) is 0 Å². The molecule has 2 aliphatic rings. The molecule has 5 heteroatoms. The molecule has 1 fully saturated rings. The molecule has 21 heavy (non-hydrogen) atoms. The zero-order chi connectivity index (χ0) is 15.0. The lowest BCUT2D eigenvalue weighted by Gasteiger charge is -2.32. The van der Waals surface area contributed by atoms with E-state index in [-0.39, 0.29) is 5.97 Å². The minimum absolute atomic E-state index is 0.156. The average Bonchev–Trinajstić information content (AvgIpc) is 3.00. The maximum atomic E-state index is 12.0. The average molecular weight is 291 g/mol. The standard InChI is InChI=1S/C16H25N3O2/c1-16(2,3)15(20)21-18-8-4-6-12(11-18)14-17-10-13-7-5-9-19(13)14/h10,12H,4-9,11H2,1-3H3. The van der Waals surface area contributed by atoms with Crippen molar-refractivity contribution in [3.63, 3.8) is 0 Å². The van der Waals surface area contributed by atoms with Crippen LogP contribution < -0.4 is 0 Å². The van der Waals surface area contributed by atoms with Gasteiger partial charge in [-0.2, -0.15) is 0 Å². The maximum absolute atomic E-state index is 12.0. The summed E-state index contributed by atoms with van der Waals surface area (Å²) in [6.45, 7) is 8.34. The van der Waals surface area contributed by atoms with Crippen molar-refractivity contribution in [3.8, 4) is 0 Å². The summed E-state index contributed by atoms with van der Waals surface area (Å²) in [5.74, 6) is 1.40. The van der Waals surface area contributed by atoms with Crippen LogP contribution in [0.15, 0.2) is 6.20 Å². The van der Waals surface area contributed by atoms with Gasteiger partial charge in [-0.3, -0.25) is 0 Å². The van der Waals surface area contributed by atoms with Crippen LogP contribution in [0.5, 0.6) is 0 Å². The number of aromatic nitrogens is 2. The summed E-state index contributed by atoms with van der Waals surface area (Å²) in [6, 6.07) is 0. The van der Waals surface area contributed by atoms with Gasteiger partial charge in [0.25, 0.3) is 0 Å². The summed E-state index contributed by atoms with van der Waals surface area (Å²) < 4.78 is 2.36. The summed E-state index contributed by atoms with van der Waals surface area (Å²) in [5.41, 5.74) is 0.899. The Kier molecular flexibility index (Phi) is 3.78. The second kappa shape index (κ2) is 5.44. The molecule has 3 rings (SSSR count). The van der Waals surface area contributed by atoms with Gasteiger partial charge < -0.3 is 9.40 Å². The molecule has 2 aliphatic heterocycles. The van der Waals surface area contributed by atoms with Gasteiger partial charge in [-0.15, -0.1) is 5.06 Å². The molecule has 0 radical (unpaired) electrons. The molecule has 5 nitrogen and oxygen atoms in total. The van der Waals surface area contributed by atoms with Gasteiger partial charge in [0.05, 0.1) is 5.41 Å². The Morgan fingerprint density at radius 3 is 2.90 bits per heavy atom. The van der Waals surface area contributed by atoms with E-state index in [0.717, 1.165) is 38.9 Å². The third-order valence-corrected chi connectivity index (χ3v) is 4.36. The lowest BCUT2D eigenvalue weighted by Crippen LogP contribution is -2.39. The first-order chi connectivity index (χ1) is 9.95. The molecule has 116 valence electrons. The first-order valence-electron chi connectivity index (χ1n) is 7.97. The smallest absolute Gasteiger partial charge is 0.330 e. The van der Waals surface area contributed by atoms with Gasteiger partial charge in [-0.1, -0.05) is 0 Å². The van der Waals surface area contributed by atoms with E-state index in [1.807, 2.05) is 32.0 Å². The van der Waals surface area contributed by atoms with Crippen molar-refractivity contribution < 1.29 is 9.63 Å². The van der Waals surface area contributed by atoms with Gasteiger partial charge in [-0.05, 0) is 46.5 Å². The van der Waals surface area contributed by atoms with Crippen molar-refractivity contribution in [1.29, 1.82) is 0 Å². The number of fused-ring (bicyclic) bond motifs is 1. The predicted molar refractivity (Wildman–Crippen MR) is 79.6 cm³/mol.